The molecule has 2 nitrogen and oxygen atoms in total. The van der Waals surface area contributed by atoms with Crippen LogP contribution in [0, 0.1) is 6.92 Å². The highest BCUT2D eigenvalue weighted by atomic mass is 32.2. The van der Waals surface area contributed by atoms with Crippen molar-refractivity contribution >= 4 is 34.4 Å². The highest BCUT2D eigenvalue weighted by Crippen LogP contribution is 2.25. The molecule has 0 saturated carbocycles. The molecule has 0 aliphatic heterocycles. The van der Waals surface area contributed by atoms with E-state index in [1.54, 1.807) is 34.4 Å². The Balaban J connectivity index is 1.60. The van der Waals surface area contributed by atoms with E-state index < -0.39 is 0 Å². The lowest BCUT2D eigenvalue weighted by atomic mass is 10.1. The van der Waals surface area contributed by atoms with Gasteiger partial charge in [-0.05, 0) is 12.5 Å². The average molecular weight is 318 g/mol. The number of hydrogen-bond donors (Lipinski definition) is 0. The first kappa shape index (κ1) is 13.8. The Bertz CT molecular complexity index is 657. The van der Waals surface area contributed by atoms with E-state index in [0.29, 0.717) is 0 Å². The normalized spacial score (nSPS) is 10.8. The zero-order valence-corrected chi connectivity index (χ0v) is 13.5. The molecular weight excluding hydrogens is 304 g/mol. The van der Waals surface area contributed by atoms with Crippen LogP contribution in [-0.4, -0.2) is 9.97 Å². The van der Waals surface area contributed by atoms with Crippen molar-refractivity contribution in [2.45, 2.75) is 23.4 Å². The zero-order chi connectivity index (χ0) is 13.8. The van der Waals surface area contributed by atoms with E-state index in [1.807, 2.05) is 11.6 Å². The van der Waals surface area contributed by atoms with Gasteiger partial charge in [-0.3, -0.25) is 0 Å². The van der Waals surface area contributed by atoms with Crippen molar-refractivity contribution in [3.8, 4) is 0 Å². The third-order valence-corrected chi connectivity index (χ3v) is 5.73. The minimum atomic E-state index is 0.901. The molecule has 2 aromatic heterocycles. The second-order valence-electron chi connectivity index (χ2n) is 4.48. The Morgan fingerprint density at radius 1 is 1.15 bits per heavy atom. The van der Waals surface area contributed by atoms with Crippen LogP contribution in [0.15, 0.2) is 45.6 Å². The van der Waals surface area contributed by atoms with Gasteiger partial charge in [0.15, 0.2) is 0 Å². The van der Waals surface area contributed by atoms with Crippen molar-refractivity contribution in [3.05, 3.63) is 63.1 Å². The predicted molar refractivity (Wildman–Crippen MR) is 87.8 cm³/mol. The van der Waals surface area contributed by atoms with Crippen molar-refractivity contribution in [2.75, 3.05) is 0 Å². The first-order valence-corrected chi connectivity index (χ1v) is 9.05. The molecule has 0 fully saturated rings. The van der Waals surface area contributed by atoms with Gasteiger partial charge in [-0.2, -0.15) is 0 Å². The summed E-state index contributed by atoms with van der Waals surface area (Å²) < 4.78 is 1.11. The lowest BCUT2D eigenvalue weighted by Crippen LogP contribution is -1.88. The quantitative estimate of drug-likeness (QED) is 0.632. The van der Waals surface area contributed by atoms with Crippen molar-refractivity contribution in [2.24, 2.45) is 0 Å². The maximum Gasteiger partial charge on any atom is 0.150 e. The van der Waals surface area contributed by atoms with Gasteiger partial charge in [0.05, 0.1) is 10.7 Å². The van der Waals surface area contributed by atoms with Crippen LogP contribution in [0.1, 0.15) is 21.8 Å². The van der Waals surface area contributed by atoms with Crippen LogP contribution in [0.4, 0.5) is 0 Å². The van der Waals surface area contributed by atoms with Gasteiger partial charge in [0, 0.05) is 29.1 Å². The van der Waals surface area contributed by atoms with Gasteiger partial charge in [0.1, 0.15) is 4.34 Å². The Labute approximate surface area is 130 Å². The minimum Gasteiger partial charge on any atom is -0.245 e. The lowest BCUT2D eigenvalue weighted by Gasteiger charge is -1.98. The molecule has 0 radical (unpaired) electrons. The number of nitrogens with zero attached hydrogens (tertiary/aromatic N) is 2. The maximum absolute atomic E-state index is 4.70. The number of thiazole rings is 2. The summed E-state index contributed by atoms with van der Waals surface area (Å²) in [6.45, 7) is 2.11. The maximum atomic E-state index is 4.70. The predicted octanol–water partition coefficient (Wildman–Crippen LogP) is 4.79. The van der Waals surface area contributed by atoms with Crippen LogP contribution in [0.5, 0.6) is 0 Å². The van der Waals surface area contributed by atoms with Crippen LogP contribution >= 0.6 is 34.4 Å². The summed E-state index contributed by atoms with van der Waals surface area (Å²) in [6, 6.07) is 8.67. The highest BCUT2D eigenvalue weighted by Gasteiger charge is 2.05. The second kappa shape index (κ2) is 6.52. The Morgan fingerprint density at radius 3 is 2.75 bits per heavy atom. The van der Waals surface area contributed by atoms with E-state index in [2.05, 4.69) is 41.6 Å². The van der Waals surface area contributed by atoms with Gasteiger partial charge in [-0.1, -0.05) is 41.6 Å². The number of thioether (sulfide) groups is 1. The molecule has 0 saturated heterocycles. The van der Waals surface area contributed by atoms with Crippen molar-refractivity contribution in [1.29, 1.82) is 0 Å². The summed E-state index contributed by atoms with van der Waals surface area (Å²) in [4.78, 5) is 8.97. The van der Waals surface area contributed by atoms with E-state index in [4.69, 9.17) is 4.98 Å². The monoisotopic (exact) mass is 318 g/mol. The van der Waals surface area contributed by atoms with E-state index in [9.17, 15) is 0 Å². The summed E-state index contributed by atoms with van der Waals surface area (Å²) in [5, 5.41) is 5.35. The molecule has 0 N–H and O–H groups in total. The van der Waals surface area contributed by atoms with Gasteiger partial charge in [-0.15, -0.1) is 22.7 Å². The van der Waals surface area contributed by atoms with Crippen LogP contribution in [0.3, 0.4) is 0 Å². The van der Waals surface area contributed by atoms with E-state index in [1.165, 1.54) is 16.1 Å². The molecule has 5 heteroatoms. The number of aryl methyl sites for hydroxylation is 1. The van der Waals surface area contributed by atoms with Crippen molar-refractivity contribution in [3.63, 3.8) is 0 Å². The Hall–Kier alpha value is -1.17. The van der Waals surface area contributed by atoms with Crippen LogP contribution in [0.2, 0.25) is 0 Å². The van der Waals surface area contributed by atoms with Crippen molar-refractivity contribution in [1.82, 2.24) is 9.97 Å². The molecule has 20 heavy (non-hydrogen) atoms. The van der Waals surface area contributed by atoms with Gasteiger partial charge in [0.2, 0.25) is 0 Å². The summed E-state index contributed by atoms with van der Waals surface area (Å²) >= 11 is 5.18. The lowest BCUT2D eigenvalue weighted by molar-refractivity contribution is 1.09. The molecule has 0 aliphatic carbocycles. The van der Waals surface area contributed by atoms with Crippen LogP contribution in [0.25, 0.3) is 0 Å². The first-order chi connectivity index (χ1) is 9.79. The van der Waals surface area contributed by atoms with Gasteiger partial charge < -0.3 is 0 Å². The summed E-state index contributed by atoms with van der Waals surface area (Å²) in [6.07, 6.45) is 2.77. The minimum absolute atomic E-state index is 0.901. The third kappa shape index (κ3) is 3.69. The smallest absolute Gasteiger partial charge is 0.150 e. The molecule has 0 atom stereocenters. The largest absolute Gasteiger partial charge is 0.245 e. The number of rotatable bonds is 5. The van der Waals surface area contributed by atoms with E-state index in [0.717, 1.165) is 22.2 Å². The van der Waals surface area contributed by atoms with E-state index >= 15 is 0 Å². The first-order valence-electron chi connectivity index (χ1n) is 6.31. The molecule has 2 heterocycles. The Morgan fingerprint density at radius 2 is 2.00 bits per heavy atom. The van der Waals surface area contributed by atoms with Gasteiger partial charge >= 0.3 is 0 Å². The molecule has 0 unspecified atom stereocenters. The second-order valence-corrected chi connectivity index (χ2v) is 7.54. The summed E-state index contributed by atoms with van der Waals surface area (Å²) in [7, 11) is 0. The average Bonchev–Trinajstić information content (AvgIpc) is 3.10. The topological polar surface area (TPSA) is 25.8 Å². The van der Waals surface area contributed by atoms with E-state index in [-0.39, 0.29) is 0 Å². The molecule has 3 rings (SSSR count). The fourth-order valence-corrected chi connectivity index (χ4v) is 4.26. The third-order valence-electron chi connectivity index (χ3n) is 2.83. The van der Waals surface area contributed by atoms with Crippen LogP contribution in [-0.2, 0) is 12.2 Å². The number of benzene rings is 1. The molecule has 3 aromatic rings. The molecule has 0 bridgehead atoms. The molecular formula is C15H14N2S3. The zero-order valence-electron chi connectivity index (χ0n) is 11.1. The fourth-order valence-electron chi connectivity index (χ4n) is 1.79. The SMILES string of the molecule is Cc1ccc(Cc2nc(CSc3nccs3)cs2)cc1. The molecule has 0 aliphatic rings. The van der Waals surface area contributed by atoms with Crippen LogP contribution < -0.4 is 0 Å². The highest BCUT2D eigenvalue weighted by molar-refractivity contribution is 8.00. The number of aromatic nitrogens is 2. The molecule has 0 amide bonds. The molecule has 1 aromatic carbocycles. The summed E-state index contributed by atoms with van der Waals surface area (Å²) in [5.74, 6) is 0.901. The fraction of sp³-hybridized carbons (Fsp3) is 0.200. The van der Waals surface area contributed by atoms with Gasteiger partial charge in [0.25, 0.3) is 0 Å². The number of hydrogen-bond acceptors (Lipinski definition) is 5. The molecule has 0 spiro atoms. The van der Waals surface area contributed by atoms with Gasteiger partial charge in [-0.25, -0.2) is 9.97 Å². The van der Waals surface area contributed by atoms with Crippen molar-refractivity contribution < 1.29 is 0 Å². The standard InChI is InChI=1S/C15H14N2S3/c1-11-2-4-12(5-3-11)8-14-17-13(9-19-14)10-20-15-16-6-7-18-15/h2-7,9H,8,10H2,1H3. The summed E-state index contributed by atoms with van der Waals surface area (Å²) in [5.41, 5.74) is 3.77. The Kier molecular flexibility index (Phi) is 4.50. The molecule has 102 valence electrons.